The van der Waals surface area contributed by atoms with E-state index in [4.69, 9.17) is 9.47 Å². The molecule has 1 aromatic heterocycles. The van der Waals surface area contributed by atoms with E-state index in [0.717, 1.165) is 54.1 Å². The lowest BCUT2D eigenvalue weighted by Gasteiger charge is -2.30. The summed E-state index contributed by atoms with van der Waals surface area (Å²) in [6.07, 6.45) is 8.38. The zero-order valence-electron chi connectivity index (χ0n) is 14.1. The molecule has 0 spiro atoms. The van der Waals surface area contributed by atoms with E-state index in [0.29, 0.717) is 25.2 Å². The van der Waals surface area contributed by atoms with Crippen LogP contribution in [-0.2, 0) is 0 Å². The number of nitrogens with zero attached hydrogens (tertiary/aromatic N) is 2. The van der Waals surface area contributed by atoms with E-state index in [1.54, 1.807) is 0 Å². The third kappa shape index (κ3) is 2.77. The summed E-state index contributed by atoms with van der Waals surface area (Å²) >= 11 is 0. The minimum Gasteiger partial charge on any atom is -0.486 e. The van der Waals surface area contributed by atoms with Crippen LogP contribution < -0.4 is 9.47 Å². The van der Waals surface area contributed by atoms with Gasteiger partial charge in [-0.2, -0.15) is 0 Å². The average molecular weight is 328 g/mol. The number of aromatic nitrogens is 2. The van der Waals surface area contributed by atoms with Crippen molar-refractivity contribution in [2.45, 2.75) is 38.6 Å². The second-order valence-electron chi connectivity index (χ2n) is 6.84. The normalized spacial score (nSPS) is 23.2. The molecule has 1 saturated carbocycles. The largest absolute Gasteiger partial charge is 0.486 e. The first kappa shape index (κ1) is 15.5. The van der Waals surface area contributed by atoms with Gasteiger partial charge in [-0.25, -0.2) is 4.98 Å². The van der Waals surface area contributed by atoms with Crippen LogP contribution in [-0.4, -0.2) is 34.5 Å². The molecule has 0 radical (unpaired) electrons. The van der Waals surface area contributed by atoms with Gasteiger partial charge in [0, 0.05) is 30.6 Å². The van der Waals surface area contributed by atoms with E-state index < -0.39 is 0 Å². The van der Waals surface area contributed by atoms with Crippen molar-refractivity contribution in [3.8, 4) is 22.9 Å². The highest BCUT2D eigenvalue weighted by Crippen LogP contribution is 2.39. The monoisotopic (exact) mass is 328 g/mol. The molecule has 1 aliphatic heterocycles. The van der Waals surface area contributed by atoms with E-state index in [1.165, 1.54) is 0 Å². The van der Waals surface area contributed by atoms with Gasteiger partial charge >= 0.3 is 0 Å². The second-order valence-corrected chi connectivity index (χ2v) is 6.84. The molecular weight excluding hydrogens is 304 g/mol. The van der Waals surface area contributed by atoms with Crippen LogP contribution in [0.2, 0.25) is 0 Å². The first-order valence-corrected chi connectivity index (χ1v) is 8.80. The molecule has 1 N–H and O–H groups in total. The molecule has 4 rings (SSSR count). The van der Waals surface area contributed by atoms with Crippen LogP contribution in [0.5, 0.6) is 11.5 Å². The number of hydrogen-bond donors (Lipinski definition) is 1. The molecule has 1 aliphatic carbocycles. The van der Waals surface area contributed by atoms with Crippen LogP contribution in [0.3, 0.4) is 0 Å². The highest BCUT2D eigenvalue weighted by atomic mass is 16.6. The summed E-state index contributed by atoms with van der Waals surface area (Å²) in [5, 5.41) is 9.51. The third-order valence-corrected chi connectivity index (χ3v) is 5.21. The van der Waals surface area contributed by atoms with Gasteiger partial charge in [-0.1, -0.05) is 6.42 Å². The molecular formula is C19H24N2O3. The highest BCUT2D eigenvalue weighted by Gasteiger charge is 2.25. The van der Waals surface area contributed by atoms with Gasteiger partial charge in [-0.3, -0.25) is 0 Å². The van der Waals surface area contributed by atoms with Crippen molar-refractivity contribution in [1.82, 2.24) is 9.55 Å². The van der Waals surface area contributed by atoms with Crippen LogP contribution in [0, 0.1) is 12.8 Å². The lowest BCUT2D eigenvalue weighted by Crippen LogP contribution is -2.21. The summed E-state index contributed by atoms with van der Waals surface area (Å²) < 4.78 is 13.7. The number of fused-ring (bicyclic) bond motifs is 1. The highest BCUT2D eigenvalue weighted by molar-refractivity contribution is 5.66. The first-order valence-electron chi connectivity index (χ1n) is 8.80. The Morgan fingerprint density at radius 1 is 1.21 bits per heavy atom. The summed E-state index contributed by atoms with van der Waals surface area (Å²) in [7, 11) is 0. The number of imidazole rings is 1. The fourth-order valence-electron chi connectivity index (χ4n) is 3.93. The molecule has 0 saturated heterocycles. The van der Waals surface area contributed by atoms with Gasteiger partial charge in [-0.05, 0) is 49.8 Å². The minimum absolute atomic E-state index is 0.281. The Labute approximate surface area is 142 Å². The van der Waals surface area contributed by atoms with Crippen molar-refractivity contribution >= 4 is 0 Å². The molecule has 2 aliphatic rings. The standard InChI is InChI=1S/C19H24N2O3/c1-13-9-17-18(24-8-7-23-17)11-16(13)19-20-5-6-21(19)15-4-2-3-14(10-15)12-22/h5-6,9,11,14-15,22H,2-4,7-8,10,12H2,1H3/t14-,15+/m0/s1. The lowest BCUT2D eigenvalue weighted by molar-refractivity contribution is 0.163. The molecule has 5 nitrogen and oxygen atoms in total. The smallest absolute Gasteiger partial charge is 0.162 e. The molecule has 0 bridgehead atoms. The average Bonchev–Trinajstić information content (AvgIpc) is 3.10. The quantitative estimate of drug-likeness (QED) is 0.939. The zero-order chi connectivity index (χ0) is 16.5. The molecule has 5 heteroatoms. The van der Waals surface area contributed by atoms with Crippen molar-refractivity contribution in [1.29, 1.82) is 0 Å². The molecule has 1 fully saturated rings. The van der Waals surface area contributed by atoms with E-state index >= 15 is 0 Å². The summed E-state index contributed by atoms with van der Waals surface area (Å²) in [4.78, 5) is 4.63. The first-order chi connectivity index (χ1) is 11.8. The maximum Gasteiger partial charge on any atom is 0.162 e. The molecule has 2 aromatic rings. The number of aryl methyl sites for hydroxylation is 1. The Hall–Kier alpha value is -2.01. The van der Waals surface area contributed by atoms with Crippen molar-refractivity contribution in [2.24, 2.45) is 5.92 Å². The predicted molar refractivity (Wildman–Crippen MR) is 91.5 cm³/mol. The molecule has 128 valence electrons. The van der Waals surface area contributed by atoms with Gasteiger partial charge in [0.05, 0.1) is 0 Å². The molecule has 0 amide bonds. The second kappa shape index (κ2) is 6.48. The lowest BCUT2D eigenvalue weighted by atomic mass is 9.86. The predicted octanol–water partition coefficient (Wildman–Crippen LogP) is 3.35. The Balaban J connectivity index is 1.70. The van der Waals surface area contributed by atoms with E-state index in [1.807, 2.05) is 12.3 Å². The third-order valence-electron chi connectivity index (χ3n) is 5.21. The Kier molecular flexibility index (Phi) is 4.19. The summed E-state index contributed by atoms with van der Waals surface area (Å²) in [5.74, 6) is 3.00. The Bertz CT molecular complexity index is 725. The van der Waals surface area contributed by atoms with Gasteiger partial charge in [0.2, 0.25) is 0 Å². The molecule has 0 unspecified atom stereocenters. The number of aliphatic hydroxyl groups is 1. The van der Waals surface area contributed by atoms with Gasteiger partial charge in [0.15, 0.2) is 11.5 Å². The number of rotatable bonds is 3. The number of aliphatic hydroxyl groups excluding tert-OH is 1. The molecule has 1 aromatic carbocycles. The SMILES string of the molecule is Cc1cc2c(cc1-c1nccn1[C@@H]1CCC[C@H](CO)C1)OCCO2. The molecule has 2 atom stereocenters. The zero-order valence-corrected chi connectivity index (χ0v) is 14.1. The van der Waals surface area contributed by atoms with Crippen LogP contribution in [0.25, 0.3) is 11.4 Å². The fraction of sp³-hybridized carbons (Fsp3) is 0.526. The van der Waals surface area contributed by atoms with Crippen molar-refractivity contribution < 1.29 is 14.6 Å². The fourth-order valence-corrected chi connectivity index (χ4v) is 3.93. The van der Waals surface area contributed by atoms with Gasteiger partial charge in [0.25, 0.3) is 0 Å². The molecule has 24 heavy (non-hydrogen) atoms. The van der Waals surface area contributed by atoms with Crippen molar-refractivity contribution in [3.05, 3.63) is 30.1 Å². The van der Waals surface area contributed by atoms with E-state index in [2.05, 4.69) is 28.7 Å². The van der Waals surface area contributed by atoms with Gasteiger partial charge < -0.3 is 19.1 Å². The maximum absolute atomic E-state index is 9.51. The van der Waals surface area contributed by atoms with Crippen LogP contribution in [0.4, 0.5) is 0 Å². The maximum atomic E-state index is 9.51. The Morgan fingerprint density at radius 2 is 2.00 bits per heavy atom. The number of benzene rings is 1. The van der Waals surface area contributed by atoms with Crippen LogP contribution in [0.1, 0.15) is 37.3 Å². The van der Waals surface area contributed by atoms with Crippen molar-refractivity contribution in [3.63, 3.8) is 0 Å². The summed E-state index contributed by atoms with van der Waals surface area (Å²) in [5.41, 5.74) is 2.23. The topological polar surface area (TPSA) is 56.5 Å². The van der Waals surface area contributed by atoms with E-state index in [9.17, 15) is 5.11 Å². The van der Waals surface area contributed by atoms with Crippen LogP contribution in [0.15, 0.2) is 24.5 Å². The Morgan fingerprint density at radius 3 is 2.79 bits per heavy atom. The summed E-state index contributed by atoms with van der Waals surface area (Å²) in [6, 6.07) is 4.50. The van der Waals surface area contributed by atoms with Gasteiger partial charge in [-0.15, -0.1) is 0 Å². The van der Waals surface area contributed by atoms with Crippen LogP contribution >= 0.6 is 0 Å². The minimum atomic E-state index is 0.281. The van der Waals surface area contributed by atoms with Gasteiger partial charge in [0.1, 0.15) is 19.0 Å². The van der Waals surface area contributed by atoms with E-state index in [-0.39, 0.29) is 6.61 Å². The molecule has 2 heterocycles. The summed E-state index contributed by atoms with van der Waals surface area (Å²) in [6.45, 7) is 3.56. The van der Waals surface area contributed by atoms with Crippen molar-refractivity contribution in [2.75, 3.05) is 19.8 Å². The number of ether oxygens (including phenoxy) is 2. The number of hydrogen-bond acceptors (Lipinski definition) is 4.